The molecule has 0 spiro atoms. The molecule has 2 amide bonds. The number of urea groups is 1. The topological polar surface area (TPSA) is 117 Å². The van der Waals surface area contributed by atoms with E-state index < -0.39 is 18.0 Å². The number of aromatic nitrogens is 2. The molecule has 2 aromatic rings. The van der Waals surface area contributed by atoms with Gasteiger partial charge in [0.15, 0.2) is 0 Å². The van der Waals surface area contributed by atoms with Crippen LogP contribution in [0.1, 0.15) is 37.3 Å². The molecule has 0 bridgehead atoms. The van der Waals surface area contributed by atoms with Crippen LogP contribution >= 0.6 is 0 Å². The van der Waals surface area contributed by atoms with Crippen LogP contribution in [0.25, 0.3) is 11.4 Å². The molecule has 1 aromatic heterocycles. The minimum absolute atomic E-state index is 0.0179. The fraction of sp³-hybridized carbons (Fsp3) is 0.375. The molecule has 9 heteroatoms. The van der Waals surface area contributed by atoms with Crippen molar-refractivity contribution >= 4 is 12.0 Å². The Hall–Kier alpha value is -2.97. The summed E-state index contributed by atoms with van der Waals surface area (Å²) < 4.78 is 18.7. The number of amides is 2. The van der Waals surface area contributed by atoms with E-state index in [2.05, 4.69) is 20.8 Å². The number of carbonyl (C=O) groups is 2. The van der Waals surface area contributed by atoms with Crippen LogP contribution < -0.4 is 10.6 Å². The van der Waals surface area contributed by atoms with Crippen LogP contribution in [0, 0.1) is 12.7 Å². The van der Waals surface area contributed by atoms with Gasteiger partial charge in [-0.1, -0.05) is 17.3 Å². The quantitative estimate of drug-likeness (QED) is 0.660. The third-order valence-corrected chi connectivity index (χ3v) is 3.44. The Morgan fingerprint density at radius 1 is 1.40 bits per heavy atom. The van der Waals surface area contributed by atoms with Gasteiger partial charge in [-0.3, -0.25) is 4.79 Å². The van der Waals surface area contributed by atoms with Gasteiger partial charge in [-0.25, -0.2) is 9.18 Å². The fourth-order valence-electron chi connectivity index (χ4n) is 2.01. The molecule has 1 heterocycles. The van der Waals surface area contributed by atoms with E-state index in [1.807, 2.05) is 0 Å². The van der Waals surface area contributed by atoms with Gasteiger partial charge in [-0.05, 0) is 31.9 Å². The largest absolute Gasteiger partial charge is 0.481 e. The molecule has 0 aliphatic heterocycles. The summed E-state index contributed by atoms with van der Waals surface area (Å²) in [5.41, 5.74) is 0.991. The number of nitrogens with one attached hydrogen (secondary N) is 2. The van der Waals surface area contributed by atoms with Gasteiger partial charge in [-0.15, -0.1) is 0 Å². The number of hydrogen-bond acceptors (Lipinski definition) is 5. The van der Waals surface area contributed by atoms with Crippen molar-refractivity contribution in [2.24, 2.45) is 0 Å². The summed E-state index contributed by atoms with van der Waals surface area (Å²) in [4.78, 5) is 26.3. The van der Waals surface area contributed by atoms with Crippen LogP contribution in [-0.4, -0.2) is 33.8 Å². The monoisotopic (exact) mass is 350 g/mol. The van der Waals surface area contributed by atoms with E-state index in [-0.39, 0.29) is 30.5 Å². The van der Waals surface area contributed by atoms with Gasteiger partial charge >= 0.3 is 12.0 Å². The van der Waals surface area contributed by atoms with Gasteiger partial charge in [-0.2, -0.15) is 4.98 Å². The summed E-state index contributed by atoms with van der Waals surface area (Å²) in [6, 6.07) is 3.58. The minimum Gasteiger partial charge on any atom is -0.481 e. The Bertz CT molecular complexity index is 762. The molecule has 1 atom stereocenters. The van der Waals surface area contributed by atoms with E-state index >= 15 is 0 Å². The molecule has 3 N–H and O–H groups in total. The van der Waals surface area contributed by atoms with Crippen LogP contribution in [-0.2, 0) is 4.79 Å². The second kappa shape index (κ2) is 8.22. The zero-order valence-electron chi connectivity index (χ0n) is 13.9. The second-order valence-corrected chi connectivity index (χ2v) is 5.54. The Balaban J connectivity index is 1.91. The first-order valence-electron chi connectivity index (χ1n) is 7.73. The Kier molecular flexibility index (Phi) is 6.04. The molecular weight excluding hydrogens is 331 g/mol. The van der Waals surface area contributed by atoms with E-state index in [0.717, 1.165) is 0 Å². The zero-order chi connectivity index (χ0) is 18.4. The van der Waals surface area contributed by atoms with Crippen molar-refractivity contribution in [2.45, 2.75) is 32.7 Å². The van der Waals surface area contributed by atoms with Crippen molar-refractivity contribution in [3.8, 4) is 11.4 Å². The molecule has 0 fully saturated rings. The van der Waals surface area contributed by atoms with Crippen LogP contribution in [0.3, 0.4) is 0 Å². The van der Waals surface area contributed by atoms with Crippen molar-refractivity contribution in [2.75, 3.05) is 6.54 Å². The predicted octanol–water partition coefficient (Wildman–Crippen LogP) is 2.41. The maximum atomic E-state index is 13.6. The van der Waals surface area contributed by atoms with Crippen molar-refractivity contribution in [1.82, 2.24) is 20.8 Å². The first-order chi connectivity index (χ1) is 11.9. The van der Waals surface area contributed by atoms with E-state index in [4.69, 9.17) is 9.63 Å². The maximum Gasteiger partial charge on any atom is 0.315 e. The highest BCUT2D eigenvalue weighted by Gasteiger charge is 2.17. The van der Waals surface area contributed by atoms with Gasteiger partial charge in [0, 0.05) is 18.5 Å². The molecule has 0 aliphatic carbocycles. The van der Waals surface area contributed by atoms with Crippen LogP contribution in [0.4, 0.5) is 9.18 Å². The molecule has 25 heavy (non-hydrogen) atoms. The molecule has 0 saturated carbocycles. The molecule has 2 rings (SSSR count). The third kappa shape index (κ3) is 5.27. The average molecular weight is 350 g/mol. The normalized spacial score (nSPS) is 11.8. The number of carbonyl (C=O) groups excluding carboxylic acids is 1. The lowest BCUT2D eigenvalue weighted by molar-refractivity contribution is -0.137. The van der Waals surface area contributed by atoms with E-state index in [1.54, 1.807) is 26.0 Å². The first-order valence-corrected chi connectivity index (χ1v) is 7.73. The summed E-state index contributed by atoms with van der Waals surface area (Å²) in [5, 5.41) is 17.5. The SMILES string of the molecule is Cc1ccc(-c2noc(C(C)NC(=O)NCCCC(=O)O)n2)cc1F. The van der Waals surface area contributed by atoms with Gasteiger partial charge in [0.25, 0.3) is 0 Å². The molecule has 0 aliphatic rings. The van der Waals surface area contributed by atoms with Crippen LogP contribution in [0.15, 0.2) is 22.7 Å². The summed E-state index contributed by atoms with van der Waals surface area (Å²) in [5.74, 6) is -0.877. The standard InChI is InChI=1S/C16H19FN4O4/c1-9-5-6-11(8-12(9)17)14-20-15(25-21-14)10(2)19-16(24)18-7-3-4-13(22)23/h5-6,8,10H,3-4,7H2,1-2H3,(H,22,23)(H2,18,19,24). The Morgan fingerprint density at radius 2 is 2.16 bits per heavy atom. The summed E-state index contributed by atoms with van der Waals surface area (Å²) in [7, 11) is 0. The van der Waals surface area contributed by atoms with Gasteiger partial charge in [0.2, 0.25) is 11.7 Å². The minimum atomic E-state index is -0.915. The molecule has 0 saturated heterocycles. The number of nitrogens with zero attached hydrogens (tertiary/aromatic N) is 2. The molecule has 8 nitrogen and oxygen atoms in total. The fourth-order valence-corrected chi connectivity index (χ4v) is 2.01. The van der Waals surface area contributed by atoms with Crippen molar-refractivity contribution < 1.29 is 23.6 Å². The Morgan fingerprint density at radius 3 is 2.84 bits per heavy atom. The van der Waals surface area contributed by atoms with Crippen molar-refractivity contribution in [1.29, 1.82) is 0 Å². The molecule has 134 valence electrons. The lowest BCUT2D eigenvalue weighted by Gasteiger charge is -2.10. The zero-order valence-corrected chi connectivity index (χ0v) is 13.9. The number of aliphatic carboxylic acids is 1. The number of benzene rings is 1. The van der Waals surface area contributed by atoms with Crippen LogP contribution in [0.2, 0.25) is 0 Å². The average Bonchev–Trinajstić information content (AvgIpc) is 3.04. The Labute approximate surface area is 143 Å². The van der Waals surface area contributed by atoms with Gasteiger partial charge in [0.05, 0.1) is 0 Å². The van der Waals surface area contributed by atoms with Crippen molar-refractivity contribution in [3.05, 3.63) is 35.5 Å². The van der Waals surface area contributed by atoms with Crippen LogP contribution in [0.5, 0.6) is 0 Å². The smallest absolute Gasteiger partial charge is 0.315 e. The van der Waals surface area contributed by atoms with Gasteiger partial charge in [0.1, 0.15) is 11.9 Å². The molecule has 0 radical (unpaired) electrons. The number of carboxylic acids is 1. The summed E-state index contributed by atoms with van der Waals surface area (Å²) >= 11 is 0. The highest BCUT2D eigenvalue weighted by molar-refractivity contribution is 5.74. The lowest BCUT2D eigenvalue weighted by Crippen LogP contribution is -2.37. The highest BCUT2D eigenvalue weighted by atomic mass is 19.1. The predicted molar refractivity (Wildman–Crippen MR) is 86.2 cm³/mol. The molecule has 1 aromatic carbocycles. The summed E-state index contributed by atoms with van der Waals surface area (Å²) in [6.07, 6.45) is 0.316. The van der Waals surface area contributed by atoms with E-state index in [0.29, 0.717) is 17.5 Å². The van der Waals surface area contributed by atoms with E-state index in [9.17, 15) is 14.0 Å². The van der Waals surface area contributed by atoms with E-state index in [1.165, 1.54) is 6.07 Å². The lowest BCUT2D eigenvalue weighted by atomic mass is 10.1. The van der Waals surface area contributed by atoms with Gasteiger partial charge < -0.3 is 20.3 Å². The number of aryl methyl sites for hydroxylation is 1. The number of rotatable bonds is 7. The summed E-state index contributed by atoms with van der Waals surface area (Å²) in [6.45, 7) is 3.55. The first kappa shape index (κ1) is 18.4. The third-order valence-electron chi connectivity index (χ3n) is 3.44. The number of hydrogen-bond donors (Lipinski definition) is 3. The second-order valence-electron chi connectivity index (χ2n) is 5.54. The molecular formula is C16H19FN4O4. The highest BCUT2D eigenvalue weighted by Crippen LogP contribution is 2.20. The maximum absolute atomic E-state index is 13.6. The van der Waals surface area contributed by atoms with Crippen molar-refractivity contribution in [3.63, 3.8) is 0 Å². The number of halogens is 1. The number of carboxylic acid groups (broad SMARTS) is 1. The molecule has 1 unspecified atom stereocenters.